The number of carboxylic acid groups (broad SMARTS) is 1. The van der Waals surface area contributed by atoms with Crippen LogP contribution in [0.2, 0.25) is 0 Å². The molecule has 1 amide bonds. The quantitative estimate of drug-likeness (QED) is 0.714. The Balaban J connectivity index is 2.42. The van der Waals surface area contributed by atoms with E-state index in [0.717, 1.165) is 0 Å². The fourth-order valence-electron chi connectivity index (χ4n) is 1.63. The minimum atomic E-state index is -1.01. The molecule has 0 bridgehead atoms. The highest BCUT2D eigenvalue weighted by atomic mass is 16.5. The Morgan fingerprint density at radius 1 is 1.53 bits per heavy atom. The molecule has 0 aromatic heterocycles. The first-order chi connectivity index (χ1) is 7.00. The Labute approximate surface area is 88.8 Å². The summed E-state index contributed by atoms with van der Waals surface area (Å²) in [6, 6.07) is -0.823. The smallest absolute Gasteiger partial charge is 0.325 e. The number of ether oxygens (including phenoxy) is 1. The third-order valence-electron chi connectivity index (χ3n) is 2.59. The average molecular weight is 215 g/mol. The van der Waals surface area contributed by atoms with Crippen molar-refractivity contribution in [2.75, 3.05) is 6.61 Å². The van der Waals surface area contributed by atoms with Crippen LogP contribution in [0.3, 0.4) is 0 Å². The highest BCUT2D eigenvalue weighted by Gasteiger charge is 2.27. The first-order valence-corrected chi connectivity index (χ1v) is 5.15. The molecule has 0 radical (unpaired) electrons. The molecule has 3 unspecified atom stereocenters. The van der Waals surface area contributed by atoms with Crippen LogP contribution < -0.4 is 5.32 Å². The zero-order chi connectivity index (χ0) is 11.4. The molecule has 1 heterocycles. The van der Waals surface area contributed by atoms with Crippen LogP contribution in [-0.4, -0.2) is 35.7 Å². The lowest BCUT2D eigenvalue weighted by Gasteiger charge is -2.26. The molecule has 0 saturated carbocycles. The average Bonchev–Trinajstić information content (AvgIpc) is 2.17. The van der Waals surface area contributed by atoms with E-state index in [2.05, 4.69) is 5.32 Å². The topological polar surface area (TPSA) is 75.6 Å². The molecule has 0 aliphatic carbocycles. The monoisotopic (exact) mass is 215 g/mol. The highest BCUT2D eigenvalue weighted by molar-refractivity contribution is 5.84. The standard InChI is InChI=1S/C10H17NO4/c1-6-5-8(3-4-15-6)9(12)11-7(2)10(13)14/h6-8H,3-5H2,1-2H3,(H,11,12)(H,13,14). The molecule has 5 heteroatoms. The van der Waals surface area contributed by atoms with Gasteiger partial charge in [0.05, 0.1) is 6.10 Å². The molecule has 5 nitrogen and oxygen atoms in total. The van der Waals surface area contributed by atoms with Crippen molar-refractivity contribution in [3.05, 3.63) is 0 Å². The van der Waals surface area contributed by atoms with E-state index in [1.165, 1.54) is 6.92 Å². The van der Waals surface area contributed by atoms with Crippen LogP contribution in [0, 0.1) is 5.92 Å². The van der Waals surface area contributed by atoms with Gasteiger partial charge < -0.3 is 15.2 Å². The predicted octanol–water partition coefficient (Wildman–Crippen LogP) is 0.391. The van der Waals surface area contributed by atoms with E-state index in [1.54, 1.807) is 0 Å². The number of hydrogen-bond acceptors (Lipinski definition) is 3. The second-order valence-electron chi connectivity index (χ2n) is 3.97. The number of aliphatic carboxylic acids is 1. The van der Waals surface area contributed by atoms with E-state index in [-0.39, 0.29) is 17.9 Å². The van der Waals surface area contributed by atoms with Crippen molar-refractivity contribution in [3.8, 4) is 0 Å². The Morgan fingerprint density at radius 2 is 2.20 bits per heavy atom. The molecular formula is C10H17NO4. The molecule has 1 aliphatic heterocycles. The molecular weight excluding hydrogens is 198 g/mol. The summed E-state index contributed by atoms with van der Waals surface area (Å²) in [5, 5.41) is 11.1. The fourth-order valence-corrected chi connectivity index (χ4v) is 1.63. The van der Waals surface area contributed by atoms with E-state index in [9.17, 15) is 9.59 Å². The number of carbonyl (C=O) groups is 2. The molecule has 1 fully saturated rings. The van der Waals surface area contributed by atoms with Gasteiger partial charge in [-0.05, 0) is 26.7 Å². The lowest BCUT2D eigenvalue weighted by molar-refractivity contribution is -0.142. The summed E-state index contributed by atoms with van der Waals surface area (Å²) in [7, 11) is 0. The maximum Gasteiger partial charge on any atom is 0.325 e. The normalized spacial score (nSPS) is 28.1. The summed E-state index contributed by atoms with van der Waals surface area (Å²) >= 11 is 0. The number of carbonyl (C=O) groups excluding carboxylic acids is 1. The first-order valence-electron chi connectivity index (χ1n) is 5.15. The van der Waals surface area contributed by atoms with Gasteiger partial charge in [0, 0.05) is 12.5 Å². The van der Waals surface area contributed by atoms with Gasteiger partial charge in [-0.15, -0.1) is 0 Å². The highest BCUT2D eigenvalue weighted by Crippen LogP contribution is 2.19. The van der Waals surface area contributed by atoms with E-state index in [4.69, 9.17) is 9.84 Å². The minimum Gasteiger partial charge on any atom is -0.480 e. The van der Waals surface area contributed by atoms with Gasteiger partial charge in [-0.3, -0.25) is 9.59 Å². The summed E-state index contributed by atoms with van der Waals surface area (Å²) in [5.41, 5.74) is 0. The van der Waals surface area contributed by atoms with Gasteiger partial charge in [0.1, 0.15) is 6.04 Å². The number of amides is 1. The van der Waals surface area contributed by atoms with Crippen LogP contribution in [0.4, 0.5) is 0 Å². The molecule has 1 saturated heterocycles. The van der Waals surface area contributed by atoms with E-state index in [1.807, 2.05) is 6.92 Å². The van der Waals surface area contributed by atoms with Gasteiger partial charge in [0.25, 0.3) is 0 Å². The van der Waals surface area contributed by atoms with E-state index in [0.29, 0.717) is 19.4 Å². The maximum absolute atomic E-state index is 11.6. The van der Waals surface area contributed by atoms with Gasteiger partial charge >= 0.3 is 5.97 Å². The number of rotatable bonds is 3. The van der Waals surface area contributed by atoms with Crippen LogP contribution in [0.1, 0.15) is 26.7 Å². The zero-order valence-corrected chi connectivity index (χ0v) is 9.03. The Kier molecular flexibility index (Phi) is 4.08. The van der Waals surface area contributed by atoms with Gasteiger partial charge in [-0.25, -0.2) is 0 Å². The van der Waals surface area contributed by atoms with E-state index < -0.39 is 12.0 Å². The van der Waals surface area contributed by atoms with Crippen LogP contribution >= 0.6 is 0 Å². The van der Waals surface area contributed by atoms with Gasteiger partial charge in [0.2, 0.25) is 5.91 Å². The minimum absolute atomic E-state index is 0.0784. The second-order valence-corrected chi connectivity index (χ2v) is 3.97. The lowest BCUT2D eigenvalue weighted by Crippen LogP contribution is -2.43. The number of nitrogens with one attached hydrogen (secondary N) is 1. The summed E-state index contributed by atoms with van der Waals surface area (Å²) in [4.78, 5) is 22.2. The Morgan fingerprint density at radius 3 is 2.73 bits per heavy atom. The summed E-state index contributed by atoms with van der Waals surface area (Å²) < 4.78 is 5.31. The molecule has 2 N–H and O–H groups in total. The van der Waals surface area contributed by atoms with Crippen molar-refractivity contribution in [2.45, 2.75) is 38.8 Å². The maximum atomic E-state index is 11.6. The zero-order valence-electron chi connectivity index (χ0n) is 9.03. The largest absolute Gasteiger partial charge is 0.480 e. The van der Waals surface area contributed by atoms with Crippen molar-refractivity contribution in [1.29, 1.82) is 0 Å². The summed E-state index contributed by atoms with van der Waals surface area (Å²) in [5.74, 6) is -1.31. The summed E-state index contributed by atoms with van der Waals surface area (Å²) in [6.07, 6.45) is 1.41. The molecule has 0 aromatic rings. The number of carboxylic acids is 1. The lowest BCUT2D eigenvalue weighted by atomic mass is 9.95. The van der Waals surface area contributed by atoms with Gasteiger partial charge in [-0.1, -0.05) is 0 Å². The molecule has 0 spiro atoms. The second kappa shape index (κ2) is 5.11. The predicted molar refractivity (Wildman–Crippen MR) is 53.4 cm³/mol. The summed E-state index contributed by atoms with van der Waals surface area (Å²) in [6.45, 7) is 3.95. The first kappa shape index (κ1) is 12.0. The van der Waals surface area contributed by atoms with Crippen molar-refractivity contribution < 1.29 is 19.4 Å². The van der Waals surface area contributed by atoms with Crippen molar-refractivity contribution in [2.24, 2.45) is 5.92 Å². The molecule has 1 aliphatic rings. The van der Waals surface area contributed by atoms with E-state index >= 15 is 0 Å². The third-order valence-corrected chi connectivity index (χ3v) is 2.59. The van der Waals surface area contributed by atoms with Crippen LogP contribution in [0.25, 0.3) is 0 Å². The molecule has 3 atom stereocenters. The molecule has 15 heavy (non-hydrogen) atoms. The molecule has 1 rings (SSSR count). The van der Waals surface area contributed by atoms with Crippen LogP contribution in [0.5, 0.6) is 0 Å². The van der Waals surface area contributed by atoms with Crippen molar-refractivity contribution in [1.82, 2.24) is 5.32 Å². The van der Waals surface area contributed by atoms with Gasteiger partial charge in [0.15, 0.2) is 0 Å². The SMILES string of the molecule is CC1CC(C(=O)NC(C)C(=O)O)CCO1. The van der Waals surface area contributed by atoms with Crippen LogP contribution in [0.15, 0.2) is 0 Å². The number of hydrogen-bond donors (Lipinski definition) is 2. The van der Waals surface area contributed by atoms with Crippen molar-refractivity contribution in [3.63, 3.8) is 0 Å². The fraction of sp³-hybridized carbons (Fsp3) is 0.800. The Bertz CT molecular complexity index is 254. The Hall–Kier alpha value is -1.10. The molecule has 0 aromatic carbocycles. The van der Waals surface area contributed by atoms with Crippen LogP contribution in [-0.2, 0) is 14.3 Å². The molecule has 86 valence electrons. The third kappa shape index (κ3) is 3.51. The van der Waals surface area contributed by atoms with Gasteiger partial charge in [-0.2, -0.15) is 0 Å². The van der Waals surface area contributed by atoms with Crippen molar-refractivity contribution >= 4 is 11.9 Å².